The highest BCUT2D eigenvalue weighted by molar-refractivity contribution is 6.49. The number of halogens is 1. The normalized spacial score (nSPS) is 18.8. The number of ketones is 2. The molecule has 1 aliphatic rings. The molecule has 0 heterocycles. The van der Waals surface area contributed by atoms with Gasteiger partial charge < -0.3 is 5.73 Å². The van der Waals surface area contributed by atoms with Crippen LogP contribution in [0.1, 0.15) is 13.8 Å². The van der Waals surface area contributed by atoms with Gasteiger partial charge in [-0.15, -0.1) is 0 Å². The van der Waals surface area contributed by atoms with Gasteiger partial charge >= 0.3 is 0 Å². The van der Waals surface area contributed by atoms with E-state index in [1.165, 1.54) is 6.92 Å². The van der Waals surface area contributed by atoms with Crippen LogP contribution < -0.4 is 5.73 Å². The van der Waals surface area contributed by atoms with Crippen molar-refractivity contribution in [3.05, 3.63) is 21.8 Å². The number of nitrogens with two attached hydrogens (primary N) is 1. The van der Waals surface area contributed by atoms with Gasteiger partial charge in [0.05, 0.1) is 5.03 Å². The van der Waals surface area contributed by atoms with Crippen LogP contribution >= 0.6 is 11.6 Å². The van der Waals surface area contributed by atoms with Crippen molar-refractivity contribution < 1.29 is 9.59 Å². The third kappa shape index (κ3) is 1.45. The van der Waals surface area contributed by atoms with Gasteiger partial charge in [-0.25, -0.2) is 0 Å². The fraction of sp³-hybridized carbons (Fsp3) is 0.333. The number of rotatable bonds is 1. The first-order valence-corrected chi connectivity index (χ1v) is 4.24. The van der Waals surface area contributed by atoms with Gasteiger partial charge in [-0.2, -0.15) is 0 Å². The number of carbonyl (C=O) groups is 2. The number of allylic oxidation sites excluding steroid dienone is 3. The van der Waals surface area contributed by atoms with Gasteiger partial charge in [0.2, 0.25) is 5.78 Å². The maximum atomic E-state index is 11.5. The summed E-state index contributed by atoms with van der Waals surface area (Å²) in [5, 5.41) is 0.0136. The van der Waals surface area contributed by atoms with E-state index in [4.69, 9.17) is 17.3 Å². The largest absolute Gasteiger partial charge is 0.326 e. The summed E-state index contributed by atoms with van der Waals surface area (Å²) in [5.41, 5.74) is 6.38. The lowest BCUT2D eigenvalue weighted by Crippen LogP contribution is -2.24. The van der Waals surface area contributed by atoms with E-state index in [2.05, 4.69) is 0 Å². The molecule has 0 unspecified atom stereocenters. The van der Waals surface area contributed by atoms with Crippen molar-refractivity contribution in [2.45, 2.75) is 13.8 Å². The first-order valence-electron chi connectivity index (χ1n) is 3.86. The fourth-order valence-corrected chi connectivity index (χ4v) is 1.44. The Morgan fingerprint density at radius 1 is 1.15 bits per heavy atom. The number of carbonyl (C=O) groups excluding carboxylic acids is 2. The highest BCUT2D eigenvalue weighted by atomic mass is 35.5. The topological polar surface area (TPSA) is 60.2 Å². The van der Waals surface area contributed by atoms with Crippen molar-refractivity contribution in [1.82, 2.24) is 0 Å². The van der Waals surface area contributed by atoms with E-state index in [1.54, 1.807) is 6.92 Å². The molecule has 0 aromatic carbocycles. The lowest BCUT2D eigenvalue weighted by atomic mass is 9.91. The Labute approximate surface area is 81.2 Å². The molecule has 1 aliphatic carbocycles. The van der Waals surface area contributed by atoms with Crippen LogP contribution in [0.4, 0.5) is 0 Å². The predicted octanol–water partition coefficient (Wildman–Crippen LogP) is 0.926. The monoisotopic (exact) mass is 199 g/mol. The van der Waals surface area contributed by atoms with Gasteiger partial charge in [-0.1, -0.05) is 11.6 Å². The summed E-state index contributed by atoms with van der Waals surface area (Å²) in [4.78, 5) is 22.9. The maximum Gasteiger partial charge on any atom is 0.200 e. The Morgan fingerprint density at radius 3 is 2.15 bits per heavy atom. The molecule has 0 atom stereocenters. The second kappa shape index (κ2) is 3.44. The molecule has 0 radical (unpaired) electrons. The summed E-state index contributed by atoms with van der Waals surface area (Å²) < 4.78 is 0. The zero-order valence-corrected chi connectivity index (χ0v) is 8.23. The molecule has 0 saturated carbocycles. The quantitative estimate of drug-likeness (QED) is 0.639. The minimum atomic E-state index is -0.292. The summed E-state index contributed by atoms with van der Waals surface area (Å²) in [7, 11) is 0. The molecule has 0 spiro atoms. The van der Waals surface area contributed by atoms with Crippen LogP contribution in [0.3, 0.4) is 0 Å². The highest BCUT2D eigenvalue weighted by Gasteiger charge is 2.27. The SMILES string of the molecule is CC1=C(Cl)C(=O)C(C)=C(CN)C1=O. The Morgan fingerprint density at radius 2 is 1.69 bits per heavy atom. The van der Waals surface area contributed by atoms with Crippen LogP contribution in [-0.4, -0.2) is 18.1 Å². The lowest BCUT2D eigenvalue weighted by molar-refractivity contribution is -0.116. The van der Waals surface area contributed by atoms with Crippen LogP contribution in [-0.2, 0) is 9.59 Å². The Kier molecular flexibility index (Phi) is 2.68. The summed E-state index contributed by atoms with van der Waals surface area (Å²) >= 11 is 5.66. The van der Waals surface area contributed by atoms with Gasteiger partial charge in [0.15, 0.2) is 5.78 Å². The second-order valence-corrected chi connectivity index (χ2v) is 3.28. The average molecular weight is 200 g/mol. The van der Waals surface area contributed by atoms with Crippen LogP contribution in [0.25, 0.3) is 0 Å². The van der Waals surface area contributed by atoms with E-state index in [9.17, 15) is 9.59 Å². The van der Waals surface area contributed by atoms with Gasteiger partial charge in [0.1, 0.15) is 0 Å². The molecule has 0 bridgehead atoms. The van der Waals surface area contributed by atoms with E-state index >= 15 is 0 Å². The molecule has 3 nitrogen and oxygen atoms in total. The molecule has 13 heavy (non-hydrogen) atoms. The van der Waals surface area contributed by atoms with E-state index in [0.717, 1.165) is 0 Å². The third-order valence-corrected chi connectivity index (χ3v) is 2.60. The molecular weight excluding hydrogens is 190 g/mol. The van der Waals surface area contributed by atoms with Gasteiger partial charge in [0.25, 0.3) is 0 Å². The molecule has 1 rings (SSSR count). The van der Waals surface area contributed by atoms with Gasteiger partial charge in [0, 0.05) is 23.3 Å². The summed E-state index contributed by atoms with van der Waals surface area (Å²) in [6.45, 7) is 3.18. The van der Waals surface area contributed by atoms with Crippen molar-refractivity contribution in [2.24, 2.45) is 5.73 Å². The van der Waals surface area contributed by atoms with Crippen molar-refractivity contribution in [3.63, 3.8) is 0 Å². The number of hydrogen-bond donors (Lipinski definition) is 1. The fourth-order valence-electron chi connectivity index (χ4n) is 1.21. The average Bonchev–Trinajstić information content (AvgIpc) is 2.13. The molecule has 0 aromatic rings. The predicted molar refractivity (Wildman–Crippen MR) is 50.3 cm³/mol. The zero-order valence-electron chi connectivity index (χ0n) is 7.48. The second-order valence-electron chi connectivity index (χ2n) is 2.90. The Bertz CT molecular complexity index is 353. The minimum absolute atomic E-state index is 0.0136. The molecule has 0 saturated heterocycles. The first kappa shape index (κ1) is 10.2. The third-order valence-electron chi connectivity index (χ3n) is 2.14. The van der Waals surface area contributed by atoms with Gasteiger partial charge in [-0.3, -0.25) is 9.59 Å². The molecule has 4 heteroatoms. The van der Waals surface area contributed by atoms with E-state index in [1.807, 2.05) is 0 Å². The van der Waals surface area contributed by atoms with E-state index in [-0.39, 0.29) is 28.7 Å². The Hall–Kier alpha value is -0.930. The molecule has 0 aliphatic heterocycles. The zero-order chi connectivity index (χ0) is 10.2. The molecular formula is C9H10ClNO2. The van der Waals surface area contributed by atoms with E-state index in [0.29, 0.717) is 11.1 Å². The summed E-state index contributed by atoms with van der Waals surface area (Å²) in [6.07, 6.45) is 0. The lowest BCUT2D eigenvalue weighted by Gasteiger charge is -2.15. The molecule has 0 amide bonds. The maximum absolute atomic E-state index is 11.5. The van der Waals surface area contributed by atoms with Crippen LogP contribution in [0, 0.1) is 0 Å². The minimum Gasteiger partial charge on any atom is -0.326 e. The molecule has 70 valence electrons. The summed E-state index contributed by atoms with van der Waals surface area (Å²) in [6, 6.07) is 0. The van der Waals surface area contributed by atoms with Crippen molar-refractivity contribution >= 4 is 23.2 Å². The molecule has 0 aromatic heterocycles. The number of Topliss-reactive ketones (excluding diaryl/α,β-unsaturated/α-hetero) is 2. The van der Waals surface area contributed by atoms with Crippen molar-refractivity contribution in [1.29, 1.82) is 0 Å². The van der Waals surface area contributed by atoms with Gasteiger partial charge in [-0.05, 0) is 13.8 Å². The van der Waals surface area contributed by atoms with Crippen molar-refractivity contribution in [2.75, 3.05) is 6.54 Å². The van der Waals surface area contributed by atoms with Crippen molar-refractivity contribution in [3.8, 4) is 0 Å². The van der Waals surface area contributed by atoms with Crippen LogP contribution in [0.15, 0.2) is 21.8 Å². The smallest absolute Gasteiger partial charge is 0.200 e. The summed E-state index contributed by atoms with van der Waals surface area (Å²) in [5.74, 6) is -0.510. The molecule has 0 fully saturated rings. The molecule has 2 N–H and O–H groups in total. The van der Waals surface area contributed by atoms with Crippen LogP contribution in [0.5, 0.6) is 0 Å². The highest BCUT2D eigenvalue weighted by Crippen LogP contribution is 2.25. The number of hydrogen-bond acceptors (Lipinski definition) is 3. The first-order chi connectivity index (χ1) is 6.00. The Balaban J connectivity index is 3.29. The van der Waals surface area contributed by atoms with E-state index < -0.39 is 0 Å². The van der Waals surface area contributed by atoms with Crippen LogP contribution in [0.2, 0.25) is 0 Å². The standard InChI is InChI=1S/C9H10ClNO2/c1-4-6(3-11)8(12)5(2)7(10)9(4)13/h3,11H2,1-2H3.